The molecule has 0 aromatic heterocycles. The third-order valence-corrected chi connectivity index (χ3v) is 1.85. The smallest absolute Gasteiger partial charge is 0.0214 e. The Morgan fingerprint density at radius 2 is 1.90 bits per heavy atom. The zero-order chi connectivity index (χ0) is 8.15. The molecule has 10 heavy (non-hydrogen) atoms. The van der Waals surface area contributed by atoms with Gasteiger partial charge in [-0.15, -0.1) is 0 Å². The molecule has 0 saturated heterocycles. The average molecular weight is 137 g/mol. The fraction of sp³-hybridized carbons (Fsp3) is 0.500. The highest BCUT2D eigenvalue weighted by molar-refractivity contribution is 5.35. The minimum atomic E-state index is 1.11. The summed E-state index contributed by atoms with van der Waals surface area (Å²) in [7, 11) is 0. The molecule has 0 unspecified atom stereocenters. The van der Waals surface area contributed by atoms with E-state index < -0.39 is 0 Å². The first-order chi connectivity index (χ1) is 4.63. The van der Waals surface area contributed by atoms with Crippen molar-refractivity contribution in [3.63, 3.8) is 0 Å². The van der Waals surface area contributed by atoms with Gasteiger partial charge in [0.25, 0.3) is 0 Å². The van der Waals surface area contributed by atoms with Crippen molar-refractivity contribution in [1.82, 2.24) is 0 Å². The van der Waals surface area contributed by atoms with Crippen molar-refractivity contribution in [2.45, 2.75) is 34.1 Å². The van der Waals surface area contributed by atoms with Crippen molar-refractivity contribution >= 4 is 0 Å². The van der Waals surface area contributed by atoms with Crippen LogP contribution in [0.4, 0.5) is 0 Å². The largest absolute Gasteiger partial charge is 0.0992 e. The Morgan fingerprint density at radius 3 is 2.00 bits per heavy atom. The molecule has 0 heterocycles. The van der Waals surface area contributed by atoms with Gasteiger partial charge in [-0.25, -0.2) is 0 Å². The summed E-state index contributed by atoms with van der Waals surface area (Å²) < 4.78 is 0. The maximum atomic E-state index is 3.89. The Bertz CT molecular complexity index is 140. The Morgan fingerprint density at radius 1 is 1.40 bits per heavy atom. The molecule has 0 heteroatoms. The molecular formula is C10H17. The zero-order valence-electron chi connectivity index (χ0n) is 7.49. The van der Waals surface area contributed by atoms with Crippen molar-refractivity contribution in [2.75, 3.05) is 0 Å². The second kappa shape index (κ2) is 4.32. The van der Waals surface area contributed by atoms with E-state index in [4.69, 9.17) is 0 Å². The fourth-order valence-electron chi connectivity index (χ4n) is 0.960. The van der Waals surface area contributed by atoms with E-state index in [1.165, 1.54) is 17.1 Å². The Balaban J connectivity index is 4.17. The van der Waals surface area contributed by atoms with Crippen molar-refractivity contribution in [1.29, 1.82) is 0 Å². The van der Waals surface area contributed by atoms with Crippen molar-refractivity contribution in [3.8, 4) is 0 Å². The highest BCUT2D eigenvalue weighted by atomic mass is 14.1. The van der Waals surface area contributed by atoms with Gasteiger partial charge in [-0.05, 0) is 20.3 Å². The molecule has 0 spiro atoms. The van der Waals surface area contributed by atoms with Gasteiger partial charge in [0.05, 0.1) is 0 Å². The predicted molar refractivity (Wildman–Crippen MR) is 47.8 cm³/mol. The third-order valence-electron chi connectivity index (χ3n) is 1.85. The first-order valence-electron chi connectivity index (χ1n) is 3.78. The molecule has 0 amide bonds. The predicted octanol–water partition coefficient (Wildman–Crippen LogP) is 3.51. The molecule has 0 atom stereocenters. The summed E-state index contributed by atoms with van der Waals surface area (Å²) in [6.45, 7) is 12.3. The van der Waals surface area contributed by atoms with E-state index >= 15 is 0 Å². The molecule has 0 aliphatic heterocycles. The van der Waals surface area contributed by atoms with Gasteiger partial charge in [0.15, 0.2) is 0 Å². The molecule has 0 N–H and O–H groups in total. The lowest BCUT2D eigenvalue weighted by atomic mass is 9.93. The first-order valence-corrected chi connectivity index (χ1v) is 3.78. The van der Waals surface area contributed by atoms with Gasteiger partial charge in [-0.2, -0.15) is 0 Å². The van der Waals surface area contributed by atoms with Gasteiger partial charge in [0, 0.05) is 5.92 Å². The van der Waals surface area contributed by atoms with E-state index in [2.05, 4.69) is 40.3 Å². The second-order valence-corrected chi connectivity index (χ2v) is 2.57. The summed E-state index contributed by atoms with van der Waals surface area (Å²) in [5.74, 6) is 1.34. The lowest BCUT2D eigenvalue weighted by Gasteiger charge is -2.12. The molecule has 0 aliphatic rings. The molecule has 0 rings (SSSR count). The first kappa shape index (κ1) is 9.48. The summed E-state index contributed by atoms with van der Waals surface area (Å²) in [5.41, 5.74) is 2.59. The second-order valence-electron chi connectivity index (χ2n) is 2.57. The molecular weight excluding hydrogens is 120 g/mol. The molecule has 57 valence electrons. The van der Waals surface area contributed by atoms with E-state index in [-0.39, 0.29) is 0 Å². The molecule has 0 saturated carbocycles. The SMILES string of the molecule is C=C(C)[C](C)C(=CC)CC. The van der Waals surface area contributed by atoms with Gasteiger partial charge in [-0.3, -0.25) is 0 Å². The quantitative estimate of drug-likeness (QED) is 0.558. The van der Waals surface area contributed by atoms with Gasteiger partial charge >= 0.3 is 0 Å². The van der Waals surface area contributed by atoms with Crippen LogP contribution >= 0.6 is 0 Å². The number of allylic oxidation sites excluding steroid dienone is 3. The minimum absolute atomic E-state index is 1.11. The van der Waals surface area contributed by atoms with Crippen LogP contribution in [0.15, 0.2) is 23.8 Å². The third kappa shape index (κ3) is 2.38. The summed E-state index contributed by atoms with van der Waals surface area (Å²) in [4.78, 5) is 0. The van der Waals surface area contributed by atoms with E-state index in [0.717, 1.165) is 6.42 Å². The molecule has 0 aliphatic carbocycles. The molecule has 0 nitrogen and oxygen atoms in total. The number of hydrogen-bond acceptors (Lipinski definition) is 0. The molecule has 0 bridgehead atoms. The van der Waals surface area contributed by atoms with Crippen LogP contribution in [0.1, 0.15) is 34.1 Å². The Hall–Kier alpha value is -0.520. The molecule has 0 aromatic rings. The van der Waals surface area contributed by atoms with Gasteiger partial charge in [0.1, 0.15) is 0 Å². The molecule has 1 radical (unpaired) electrons. The van der Waals surface area contributed by atoms with Gasteiger partial charge in [-0.1, -0.05) is 37.6 Å². The van der Waals surface area contributed by atoms with Crippen molar-refractivity contribution < 1.29 is 0 Å². The average Bonchev–Trinajstić information content (AvgIpc) is 1.90. The fourth-order valence-corrected chi connectivity index (χ4v) is 0.960. The summed E-state index contributed by atoms with van der Waals surface area (Å²) >= 11 is 0. The number of rotatable bonds is 3. The van der Waals surface area contributed by atoms with Crippen LogP contribution < -0.4 is 0 Å². The topological polar surface area (TPSA) is 0 Å². The minimum Gasteiger partial charge on any atom is -0.0992 e. The Kier molecular flexibility index (Phi) is 4.10. The van der Waals surface area contributed by atoms with Crippen molar-refractivity contribution in [3.05, 3.63) is 29.7 Å². The summed E-state index contributed by atoms with van der Waals surface area (Å²) in [6.07, 6.45) is 3.26. The van der Waals surface area contributed by atoms with E-state index in [0.29, 0.717) is 0 Å². The molecule has 0 fully saturated rings. The van der Waals surface area contributed by atoms with E-state index in [1.807, 2.05) is 0 Å². The molecule has 0 aromatic carbocycles. The summed E-state index contributed by atoms with van der Waals surface area (Å²) in [6, 6.07) is 0. The van der Waals surface area contributed by atoms with Crippen LogP contribution in [0.2, 0.25) is 0 Å². The van der Waals surface area contributed by atoms with E-state index in [9.17, 15) is 0 Å². The lowest BCUT2D eigenvalue weighted by molar-refractivity contribution is 1.00. The maximum Gasteiger partial charge on any atom is 0.0214 e. The zero-order valence-corrected chi connectivity index (χ0v) is 7.49. The number of hydrogen-bond donors (Lipinski definition) is 0. The van der Waals surface area contributed by atoms with Crippen LogP contribution in [-0.2, 0) is 0 Å². The van der Waals surface area contributed by atoms with Crippen LogP contribution in [-0.4, -0.2) is 0 Å². The van der Waals surface area contributed by atoms with Crippen molar-refractivity contribution in [2.24, 2.45) is 0 Å². The van der Waals surface area contributed by atoms with Gasteiger partial charge in [0.2, 0.25) is 0 Å². The standard InChI is InChI=1S/C10H17/c1-6-10(7-2)9(5)8(3)4/h6H,3,7H2,1-2,4-5H3. The maximum absolute atomic E-state index is 3.89. The van der Waals surface area contributed by atoms with Gasteiger partial charge < -0.3 is 0 Å². The monoisotopic (exact) mass is 137 g/mol. The van der Waals surface area contributed by atoms with Crippen LogP contribution in [0, 0.1) is 5.92 Å². The van der Waals surface area contributed by atoms with E-state index in [1.54, 1.807) is 0 Å². The lowest BCUT2D eigenvalue weighted by Crippen LogP contribution is -1.95. The highest BCUT2D eigenvalue weighted by Gasteiger charge is 2.05. The van der Waals surface area contributed by atoms with Crippen LogP contribution in [0.25, 0.3) is 0 Å². The van der Waals surface area contributed by atoms with Crippen LogP contribution in [0.5, 0.6) is 0 Å². The highest BCUT2D eigenvalue weighted by Crippen LogP contribution is 2.22. The Labute approximate surface area is 64.6 Å². The van der Waals surface area contributed by atoms with Crippen LogP contribution in [0.3, 0.4) is 0 Å². The normalized spacial score (nSPS) is 12.3. The summed E-state index contributed by atoms with van der Waals surface area (Å²) in [5, 5.41) is 0.